The Morgan fingerprint density at radius 3 is 2.70 bits per heavy atom. The van der Waals surface area contributed by atoms with Crippen molar-refractivity contribution in [2.75, 3.05) is 37.2 Å². The molecule has 1 saturated heterocycles. The Bertz CT molecular complexity index is 1300. The van der Waals surface area contributed by atoms with Crippen molar-refractivity contribution in [1.29, 1.82) is 0 Å². The lowest BCUT2D eigenvalue weighted by Crippen LogP contribution is -2.44. The highest BCUT2D eigenvalue weighted by molar-refractivity contribution is 7.99. The molecule has 1 atom stereocenters. The monoisotopic (exact) mass is 463 g/mol. The normalized spacial score (nSPS) is 20.7. The minimum atomic E-state index is -0.0248. The molecule has 6 rings (SSSR count). The Labute approximate surface area is 196 Å². The SMILES string of the molecule is O=c1ccc2ccc(=O)n3c2n1C[C@H]3CN1CCC(NCc2ccc3c(c2)NCCS3)CC1. The van der Waals surface area contributed by atoms with Crippen LogP contribution in [0.3, 0.4) is 0 Å². The molecule has 1 aromatic carbocycles. The number of benzene rings is 1. The zero-order valence-electron chi connectivity index (χ0n) is 18.6. The number of nitrogens with one attached hydrogen (secondary N) is 2. The number of rotatable bonds is 5. The molecule has 0 radical (unpaired) electrons. The van der Waals surface area contributed by atoms with E-state index >= 15 is 0 Å². The number of pyridine rings is 2. The Morgan fingerprint density at radius 1 is 1.03 bits per heavy atom. The van der Waals surface area contributed by atoms with Crippen LogP contribution in [0.15, 0.2) is 56.9 Å². The van der Waals surface area contributed by atoms with E-state index < -0.39 is 0 Å². The molecule has 0 amide bonds. The van der Waals surface area contributed by atoms with Gasteiger partial charge in [-0.15, -0.1) is 11.8 Å². The number of thioether (sulfide) groups is 1. The van der Waals surface area contributed by atoms with Gasteiger partial charge >= 0.3 is 0 Å². The van der Waals surface area contributed by atoms with Crippen molar-refractivity contribution in [3.8, 4) is 0 Å². The molecule has 0 saturated carbocycles. The molecule has 3 aliphatic rings. The van der Waals surface area contributed by atoms with Crippen molar-refractivity contribution in [1.82, 2.24) is 19.4 Å². The van der Waals surface area contributed by atoms with Gasteiger partial charge in [0.05, 0.1) is 6.04 Å². The summed E-state index contributed by atoms with van der Waals surface area (Å²) in [4.78, 5) is 28.8. The predicted molar refractivity (Wildman–Crippen MR) is 133 cm³/mol. The summed E-state index contributed by atoms with van der Waals surface area (Å²) < 4.78 is 3.60. The van der Waals surface area contributed by atoms with Crippen molar-refractivity contribution in [2.24, 2.45) is 0 Å². The summed E-state index contributed by atoms with van der Waals surface area (Å²) in [5.74, 6) is 1.14. The van der Waals surface area contributed by atoms with Crippen LogP contribution in [-0.4, -0.2) is 52.0 Å². The molecule has 0 aliphatic carbocycles. The van der Waals surface area contributed by atoms with Crippen molar-refractivity contribution < 1.29 is 0 Å². The van der Waals surface area contributed by atoms with E-state index in [1.165, 1.54) is 16.1 Å². The first-order valence-corrected chi connectivity index (χ1v) is 12.8. The molecular formula is C25H29N5O2S. The molecule has 33 heavy (non-hydrogen) atoms. The quantitative estimate of drug-likeness (QED) is 0.606. The lowest BCUT2D eigenvalue weighted by Gasteiger charge is -2.34. The van der Waals surface area contributed by atoms with Crippen LogP contribution in [0.25, 0.3) is 11.0 Å². The molecule has 7 nitrogen and oxygen atoms in total. The number of fused-ring (bicyclic) bond motifs is 1. The summed E-state index contributed by atoms with van der Waals surface area (Å²) in [5.41, 5.74) is 3.33. The molecule has 3 aliphatic heterocycles. The van der Waals surface area contributed by atoms with E-state index in [2.05, 4.69) is 33.7 Å². The van der Waals surface area contributed by atoms with Crippen LogP contribution in [0.1, 0.15) is 24.4 Å². The van der Waals surface area contributed by atoms with Gasteiger partial charge in [0.2, 0.25) is 0 Å². The predicted octanol–water partition coefficient (Wildman–Crippen LogP) is 2.49. The van der Waals surface area contributed by atoms with Gasteiger partial charge < -0.3 is 15.5 Å². The van der Waals surface area contributed by atoms with Crippen molar-refractivity contribution in [2.45, 2.75) is 42.9 Å². The summed E-state index contributed by atoms with van der Waals surface area (Å²) in [6, 6.07) is 14.1. The summed E-state index contributed by atoms with van der Waals surface area (Å²) in [6.45, 7) is 5.33. The zero-order valence-corrected chi connectivity index (χ0v) is 19.4. The fraction of sp³-hybridized carbons (Fsp3) is 0.440. The minimum absolute atomic E-state index is 0.0150. The van der Waals surface area contributed by atoms with E-state index in [1.54, 1.807) is 16.7 Å². The van der Waals surface area contributed by atoms with Gasteiger partial charge in [0.1, 0.15) is 5.65 Å². The summed E-state index contributed by atoms with van der Waals surface area (Å²) in [6.07, 6.45) is 2.19. The number of likely N-dealkylation sites (tertiary alicyclic amines) is 1. The van der Waals surface area contributed by atoms with Crippen LogP contribution < -0.4 is 21.8 Å². The fourth-order valence-electron chi connectivity index (χ4n) is 5.47. The number of piperidine rings is 1. The van der Waals surface area contributed by atoms with Gasteiger partial charge in [0, 0.05) is 66.1 Å². The highest BCUT2D eigenvalue weighted by Gasteiger charge is 2.29. The zero-order chi connectivity index (χ0) is 22.4. The van der Waals surface area contributed by atoms with Gasteiger partial charge in [-0.05, 0) is 55.8 Å². The van der Waals surface area contributed by atoms with Gasteiger partial charge in [-0.25, -0.2) is 0 Å². The van der Waals surface area contributed by atoms with Gasteiger partial charge in [0.15, 0.2) is 0 Å². The Hall–Kier alpha value is -2.55. The summed E-state index contributed by atoms with van der Waals surface area (Å²) >= 11 is 1.92. The largest absolute Gasteiger partial charge is 0.383 e. The number of hydrogen-bond donors (Lipinski definition) is 2. The smallest absolute Gasteiger partial charge is 0.252 e. The summed E-state index contributed by atoms with van der Waals surface area (Å²) in [5, 5.41) is 8.20. The molecule has 0 spiro atoms. The van der Waals surface area contributed by atoms with Gasteiger partial charge in [-0.2, -0.15) is 0 Å². The topological polar surface area (TPSA) is 71.3 Å². The first-order chi connectivity index (χ1) is 16.2. The van der Waals surface area contributed by atoms with Crippen LogP contribution >= 0.6 is 11.8 Å². The third kappa shape index (κ3) is 4.00. The van der Waals surface area contributed by atoms with E-state index in [4.69, 9.17) is 0 Å². The van der Waals surface area contributed by atoms with Crippen LogP contribution in [-0.2, 0) is 13.1 Å². The highest BCUT2D eigenvalue weighted by Crippen LogP contribution is 2.31. The van der Waals surface area contributed by atoms with Crippen LogP contribution in [0, 0.1) is 0 Å². The second kappa shape index (κ2) is 8.66. The Morgan fingerprint density at radius 2 is 1.85 bits per heavy atom. The van der Waals surface area contributed by atoms with Crippen molar-refractivity contribution in [3.63, 3.8) is 0 Å². The number of aromatic nitrogens is 2. The first kappa shape index (κ1) is 21.0. The second-order valence-corrected chi connectivity index (χ2v) is 10.5. The Balaban J connectivity index is 1.06. The third-order valence-corrected chi connectivity index (χ3v) is 8.26. The first-order valence-electron chi connectivity index (χ1n) is 11.9. The number of anilines is 1. The number of nitrogens with zero attached hydrogens (tertiary/aromatic N) is 3. The molecule has 2 aromatic heterocycles. The minimum Gasteiger partial charge on any atom is -0.383 e. The van der Waals surface area contributed by atoms with E-state index in [0.29, 0.717) is 12.6 Å². The van der Waals surface area contributed by atoms with Gasteiger partial charge in [-0.1, -0.05) is 6.07 Å². The molecular weight excluding hydrogens is 434 g/mol. The molecule has 5 heterocycles. The molecule has 2 N–H and O–H groups in total. The van der Waals surface area contributed by atoms with Crippen LogP contribution in [0.2, 0.25) is 0 Å². The van der Waals surface area contributed by atoms with E-state index in [9.17, 15) is 9.59 Å². The second-order valence-electron chi connectivity index (χ2n) is 9.32. The average Bonchev–Trinajstić information content (AvgIpc) is 3.23. The van der Waals surface area contributed by atoms with E-state index in [-0.39, 0.29) is 17.2 Å². The molecule has 8 heteroatoms. The lowest BCUT2D eigenvalue weighted by atomic mass is 10.0. The van der Waals surface area contributed by atoms with Crippen molar-refractivity contribution >= 4 is 28.5 Å². The van der Waals surface area contributed by atoms with Gasteiger partial charge in [-0.3, -0.25) is 18.7 Å². The standard InChI is InChI=1S/C25H29N5O2S/c31-23-5-2-18-3-6-24(32)30-20(16-29(23)25(18)30)15-28-10-7-19(8-11-28)27-14-17-1-4-22-21(13-17)26-9-12-33-22/h1-6,13,19-20,26-27H,7-12,14-16H2/t20-/m1/s1. The van der Waals surface area contributed by atoms with Crippen molar-refractivity contribution in [3.05, 3.63) is 68.7 Å². The van der Waals surface area contributed by atoms with Gasteiger partial charge in [0.25, 0.3) is 11.1 Å². The number of hydrogen-bond acceptors (Lipinski definition) is 6. The highest BCUT2D eigenvalue weighted by atomic mass is 32.2. The Kier molecular flexibility index (Phi) is 5.52. The van der Waals surface area contributed by atoms with Crippen LogP contribution in [0.5, 0.6) is 0 Å². The van der Waals surface area contributed by atoms with E-state index in [1.807, 2.05) is 28.5 Å². The summed E-state index contributed by atoms with van der Waals surface area (Å²) in [7, 11) is 0. The molecule has 0 unspecified atom stereocenters. The lowest BCUT2D eigenvalue weighted by molar-refractivity contribution is 0.171. The molecule has 3 aromatic rings. The molecule has 1 fully saturated rings. The van der Waals surface area contributed by atoms with Crippen LogP contribution in [0.4, 0.5) is 5.69 Å². The maximum Gasteiger partial charge on any atom is 0.252 e. The average molecular weight is 464 g/mol. The fourth-order valence-corrected chi connectivity index (χ4v) is 6.34. The maximum absolute atomic E-state index is 12.6. The maximum atomic E-state index is 12.6. The van der Waals surface area contributed by atoms with E-state index in [0.717, 1.165) is 62.4 Å². The molecule has 172 valence electrons. The third-order valence-electron chi connectivity index (χ3n) is 7.19. The molecule has 0 bridgehead atoms.